The number of nitrogens with zero attached hydrogens (tertiary/aromatic N) is 2. The molecule has 1 rings (SSSR count). The average molecular weight is 284 g/mol. The van der Waals surface area contributed by atoms with Crippen molar-refractivity contribution < 1.29 is 0 Å². The molecule has 0 aromatic rings. The van der Waals surface area contributed by atoms with Gasteiger partial charge in [0.25, 0.3) is 0 Å². The molecule has 0 aromatic carbocycles. The predicted molar refractivity (Wildman–Crippen MR) is 89.0 cm³/mol. The molecule has 20 heavy (non-hydrogen) atoms. The van der Waals surface area contributed by atoms with E-state index in [0.717, 1.165) is 31.5 Å². The van der Waals surface area contributed by atoms with Crippen LogP contribution >= 0.6 is 0 Å². The van der Waals surface area contributed by atoms with Gasteiger partial charge in [0.1, 0.15) is 0 Å². The highest BCUT2D eigenvalue weighted by atomic mass is 15.2. The third-order valence-corrected chi connectivity index (χ3v) is 5.16. The van der Waals surface area contributed by atoms with Crippen molar-refractivity contribution in [2.45, 2.75) is 58.4 Å². The highest BCUT2D eigenvalue weighted by molar-refractivity contribution is 4.97. The molecule has 0 spiro atoms. The Labute approximate surface area is 126 Å². The zero-order valence-corrected chi connectivity index (χ0v) is 14.5. The van der Waals surface area contributed by atoms with E-state index in [1.165, 1.54) is 38.6 Å². The van der Waals surface area contributed by atoms with Crippen molar-refractivity contribution in [2.24, 2.45) is 17.6 Å². The van der Waals surface area contributed by atoms with Crippen molar-refractivity contribution in [3.8, 4) is 0 Å². The molecule has 120 valence electrons. The van der Waals surface area contributed by atoms with Crippen molar-refractivity contribution in [3.63, 3.8) is 0 Å². The maximum atomic E-state index is 6.28. The van der Waals surface area contributed by atoms with Crippen molar-refractivity contribution >= 4 is 0 Å². The largest absolute Gasteiger partial charge is 0.329 e. The Morgan fingerprint density at radius 3 is 2.40 bits per heavy atom. The molecule has 3 nitrogen and oxygen atoms in total. The second-order valence-corrected chi connectivity index (χ2v) is 7.32. The molecular formula is C17H37N3. The van der Waals surface area contributed by atoms with Crippen molar-refractivity contribution in [1.82, 2.24) is 9.80 Å². The molecule has 0 radical (unpaired) electrons. The van der Waals surface area contributed by atoms with Crippen LogP contribution in [0.4, 0.5) is 0 Å². The zero-order chi connectivity index (χ0) is 15.2. The first kappa shape index (κ1) is 17.9. The van der Waals surface area contributed by atoms with Gasteiger partial charge in [0.15, 0.2) is 0 Å². The van der Waals surface area contributed by atoms with Crippen LogP contribution in [0.15, 0.2) is 0 Å². The first-order chi connectivity index (χ1) is 9.45. The third kappa shape index (κ3) is 4.71. The Balaban J connectivity index is 2.80. The minimum absolute atomic E-state index is 0.263. The topological polar surface area (TPSA) is 32.5 Å². The highest BCUT2D eigenvalue weighted by Gasteiger charge is 2.40. The first-order valence-corrected chi connectivity index (χ1v) is 8.55. The lowest BCUT2D eigenvalue weighted by Gasteiger charge is -2.49. The molecular weight excluding hydrogens is 246 g/mol. The fourth-order valence-corrected chi connectivity index (χ4v) is 3.73. The van der Waals surface area contributed by atoms with E-state index in [2.05, 4.69) is 44.7 Å². The van der Waals surface area contributed by atoms with Gasteiger partial charge in [-0.05, 0) is 51.7 Å². The van der Waals surface area contributed by atoms with E-state index in [0.29, 0.717) is 0 Å². The third-order valence-electron chi connectivity index (χ3n) is 5.16. The van der Waals surface area contributed by atoms with Gasteiger partial charge in [0.05, 0.1) is 0 Å². The molecule has 0 aromatic heterocycles. The zero-order valence-electron chi connectivity index (χ0n) is 14.5. The Kier molecular flexibility index (Phi) is 7.49. The van der Waals surface area contributed by atoms with Crippen LogP contribution in [0.5, 0.6) is 0 Å². The van der Waals surface area contributed by atoms with E-state index >= 15 is 0 Å². The molecule has 0 heterocycles. The molecule has 0 aliphatic heterocycles. The van der Waals surface area contributed by atoms with Gasteiger partial charge in [-0.3, -0.25) is 4.90 Å². The molecule has 2 atom stereocenters. The van der Waals surface area contributed by atoms with E-state index in [4.69, 9.17) is 5.73 Å². The molecule has 0 bridgehead atoms. The number of rotatable bonds is 8. The molecule has 2 N–H and O–H groups in total. The summed E-state index contributed by atoms with van der Waals surface area (Å²) in [6, 6.07) is 0. The van der Waals surface area contributed by atoms with Crippen LogP contribution in [0.25, 0.3) is 0 Å². The molecule has 3 heteroatoms. The second-order valence-electron chi connectivity index (χ2n) is 7.32. The summed E-state index contributed by atoms with van der Waals surface area (Å²) in [5, 5.41) is 0. The van der Waals surface area contributed by atoms with Gasteiger partial charge in [-0.25, -0.2) is 0 Å². The lowest BCUT2D eigenvalue weighted by molar-refractivity contribution is 0.0214. The van der Waals surface area contributed by atoms with Crippen molar-refractivity contribution in [1.29, 1.82) is 0 Å². The summed E-state index contributed by atoms with van der Waals surface area (Å²) in [6.07, 6.45) is 6.56. The van der Waals surface area contributed by atoms with E-state index < -0.39 is 0 Å². The Bertz CT molecular complexity index is 265. The summed E-state index contributed by atoms with van der Waals surface area (Å²) < 4.78 is 0. The minimum atomic E-state index is 0.263. The Hall–Kier alpha value is -0.120. The smallest absolute Gasteiger partial charge is 0.0335 e. The first-order valence-electron chi connectivity index (χ1n) is 8.55. The minimum Gasteiger partial charge on any atom is -0.329 e. The fourth-order valence-electron chi connectivity index (χ4n) is 3.73. The van der Waals surface area contributed by atoms with Gasteiger partial charge in [-0.15, -0.1) is 0 Å². The summed E-state index contributed by atoms with van der Waals surface area (Å²) in [5.41, 5.74) is 6.55. The number of nitrogens with two attached hydrogens (primary N) is 1. The van der Waals surface area contributed by atoms with Crippen LogP contribution in [-0.2, 0) is 0 Å². The van der Waals surface area contributed by atoms with E-state index in [-0.39, 0.29) is 5.54 Å². The van der Waals surface area contributed by atoms with Crippen LogP contribution in [0.2, 0.25) is 0 Å². The monoisotopic (exact) mass is 283 g/mol. The van der Waals surface area contributed by atoms with Gasteiger partial charge in [-0.1, -0.05) is 33.6 Å². The van der Waals surface area contributed by atoms with Crippen LogP contribution in [0.1, 0.15) is 52.9 Å². The summed E-state index contributed by atoms with van der Waals surface area (Å²) in [5.74, 6) is 1.64. The van der Waals surface area contributed by atoms with Crippen LogP contribution in [0, 0.1) is 11.8 Å². The normalized spacial score (nSPS) is 27.8. The molecule has 1 fully saturated rings. The van der Waals surface area contributed by atoms with E-state index in [1.807, 2.05) is 0 Å². The highest BCUT2D eigenvalue weighted by Crippen LogP contribution is 2.39. The standard InChI is InChI=1S/C17H37N3/c1-6-10-20(12-11-19(4)5)17(14-18)9-7-8-16(13-17)15(2)3/h15-16H,6-14,18H2,1-5H3. The van der Waals surface area contributed by atoms with Crippen LogP contribution < -0.4 is 5.73 Å². The SMILES string of the molecule is CCCN(CCN(C)C)C1(CN)CCCC(C(C)C)C1. The summed E-state index contributed by atoms with van der Waals surface area (Å²) in [7, 11) is 4.33. The van der Waals surface area contributed by atoms with Crippen LogP contribution in [0.3, 0.4) is 0 Å². The lowest BCUT2D eigenvalue weighted by Crippen LogP contribution is -2.58. The molecule has 1 aliphatic carbocycles. The van der Waals surface area contributed by atoms with Gasteiger partial charge in [-0.2, -0.15) is 0 Å². The van der Waals surface area contributed by atoms with Gasteiger partial charge in [0, 0.05) is 25.2 Å². The van der Waals surface area contributed by atoms with E-state index in [1.54, 1.807) is 0 Å². The average Bonchev–Trinajstić information content (AvgIpc) is 2.43. The number of hydrogen-bond acceptors (Lipinski definition) is 3. The quantitative estimate of drug-likeness (QED) is 0.743. The predicted octanol–water partition coefficient (Wildman–Crippen LogP) is 2.80. The van der Waals surface area contributed by atoms with Crippen molar-refractivity contribution in [3.05, 3.63) is 0 Å². The fraction of sp³-hybridized carbons (Fsp3) is 1.00. The molecule has 0 amide bonds. The summed E-state index contributed by atoms with van der Waals surface area (Å²) in [4.78, 5) is 5.00. The van der Waals surface area contributed by atoms with Crippen LogP contribution in [-0.4, -0.2) is 55.6 Å². The molecule has 1 saturated carbocycles. The number of hydrogen-bond donors (Lipinski definition) is 1. The summed E-state index contributed by atoms with van der Waals surface area (Å²) >= 11 is 0. The Morgan fingerprint density at radius 1 is 1.20 bits per heavy atom. The number of likely N-dealkylation sites (N-methyl/N-ethyl adjacent to an activating group) is 1. The molecule has 2 unspecified atom stereocenters. The second kappa shape index (κ2) is 8.35. The van der Waals surface area contributed by atoms with Crippen molar-refractivity contribution in [2.75, 3.05) is 40.3 Å². The summed E-state index contributed by atoms with van der Waals surface area (Å²) in [6.45, 7) is 11.3. The van der Waals surface area contributed by atoms with E-state index in [9.17, 15) is 0 Å². The maximum absolute atomic E-state index is 6.28. The van der Waals surface area contributed by atoms with Gasteiger partial charge >= 0.3 is 0 Å². The maximum Gasteiger partial charge on any atom is 0.0335 e. The van der Waals surface area contributed by atoms with Gasteiger partial charge < -0.3 is 10.6 Å². The van der Waals surface area contributed by atoms with Gasteiger partial charge in [0.2, 0.25) is 0 Å². The Morgan fingerprint density at radius 2 is 1.90 bits per heavy atom. The lowest BCUT2D eigenvalue weighted by atomic mass is 9.70. The molecule has 0 saturated heterocycles. The molecule has 1 aliphatic rings.